The minimum absolute atomic E-state index is 0.0123. The first-order chi connectivity index (χ1) is 36.8. The summed E-state index contributed by atoms with van der Waals surface area (Å²) in [6, 6.07) is 54.2. The van der Waals surface area contributed by atoms with Crippen LogP contribution in [0.3, 0.4) is 0 Å². The molecule has 19 heteroatoms. The van der Waals surface area contributed by atoms with Crippen LogP contribution in [0.2, 0.25) is 0 Å². The Morgan fingerprint density at radius 3 is 1.67 bits per heavy atom. The van der Waals surface area contributed by atoms with Gasteiger partial charge in [0.15, 0.2) is 24.1 Å². The van der Waals surface area contributed by atoms with Crippen molar-refractivity contribution < 1.29 is 65.3 Å². The minimum atomic E-state index is -4.25. The number of carbonyl (C=O) groups is 1. The number of fused-ring (bicyclic) bond motifs is 1. The molecule has 3 heterocycles. The number of hydrogen-bond acceptors (Lipinski definition) is 15. The van der Waals surface area contributed by atoms with E-state index in [1.54, 1.807) is 12.1 Å². The van der Waals surface area contributed by atoms with Gasteiger partial charge in [0.25, 0.3) is 0 Å². The molecule has 0 saturated carbocycles. The maximum Gasteiger partial charge on any atom is 0.508 e. The largest absolute Gasteiger partial charge is 0.508 e. The zero-order valence-corrected chi connectivity index (χ0v) is 45.1. The molecule has 3 aliphatic heterocycles. The lowest BCUT2D eigenvalue weighted by Crippen LogP contribution is -2.67. The molecule has 3 saturated heterocycles. The van der Waals surface area contributed by atoms with Crippen LogP contribution in [0.5, 0.6) is 0 Å². The number of benzene rings is 6. The first kappa shape index (κ1) is 56.1. The third kappa shape index (κ3) is 15.6. The van der Waals surface area contributed by atoms with Crippen LogP contribution in [0.15, 0.2) is 181 Å². The SMILES string of the molecule is Cc1ccc(S(=O)(=O)S[C@@H]2O[C@@H]3COC(c4ccccc4)O[C@@H]3[C@H](O[C@@H]3O[C@H](COCc4ccccc4)[C@H](OCc4ccccc4)[C@H](OCc4ccccc4)[C@H]3OCc3ccccc3)[C@H]2OC(=O)OCC(Cl)(Cl)Cl)cc1. The van der Waals surface area contributed by atoms with E-state index in [0.29, 0.717) is 16.4 Å². The minimum Gasteiger partial charge on any atom is -0.430 e. The molecule has 0 radical (unpaired) electrons. The van der Waals surface area contributed by atoms with Gasteiger partial charge >= 0.3 is 6.16 Å². The van der Waals surface area contributed by atoms with Crippen LogP contribution >= 0.6 is 45.6 Å². The fourth-order valence-electron chi connectivity index (χ4n) is 8.87. The lowest BCUT2D eigenvalue weighted by molar-refractivity contribution is -0.375. The van der Waals surface area contributed by atoms with Crippen molar-refractivity contribution >= 4 is 60.6 Å². The van der Waals surface area contributed by atoms with Gasteiger partial charge in [-0.05, 0) is 41.3 Å². The summed E-state index contributed by atoms with van der Waals surface area (Å²) in [6.45, 7) is 1.63. The molecule has 402 valence electrons. The fraction of sp³-hybridized carbons (Fsp3) is 0.351. The quantitative estimate of drug-likeness (QED) is 0.0381. The van der Waals surface area contributed by atoms with E-state index in [4.69, 9.17) is 86.9 Å². The van der Waals surface area contributed by atoms with Crippen molar-refractivity contribution in [1.29, 1.82) is 0 Å². The van der Waals surface area contributed by atoms with Crippen LogP contribution in [0.25, 0.3) is 0 Å². The highest BCUT2D eigenvalue weighted by Gasteiger charge is 2.58. The maximum absolute atomic E-state index is 14.4. The third-order valence-corrected chi connectivity index (χ3v) is 16.5. The summed E-state index contributed by atoms with van der Waals surface area (Å²) in [7, 11) is -3.84. The zero-order chi connectivity index (χ0) is 52.9. The highest BCUT2D eigenvalue weighted by atomic mass is 35.6. The standard InChI is InChI=1S/C57H57Cl3O14S2/c1-38-27-29-44(30-28-38)76(62,63)75-55-52(74-56(61)69-37-57(58,59)60)50(48-46(71-55)36-68-53(72-48)43-25-15-6-16-26-43)73-54-51(67-34-42-23-13-5-14-24-42)49(66-33-41-21-11-4-12-22-41)47(65-32-40-19-9-3-10-20-40)45(70-54)35-64-31-39-17-7-2-8-18-39/h2-30,45-55H,31-37H2,1H3/t45-,46-,47+,48+,49+,50+,51-,52-,53?,54+,55+/m1/s1. The molecule has 14 nitrogen and oxygen atoms in total. The van der Waals surface area contributed by atoms with Gasteiger partial charge < -0.3 is 52.1 Å². The van der Waals surface area contributed by atoms with E-state index >= 15 is 0 Å². The van der Waals surface area contributed by atoms with Gasteiger partial charge in [-0.25, -0.2) is 13.2 Å². The van der Waals surface area contributed by atoms with Gasteiger partial charge in [-0.2, -0.15) is 0 Å². The van der Waals surface area contributed by atoms with Crippen LogP contribution in [0.1, 0.15) is 39.7 Å². The summed E-state index contributed by atoms with van der Waals surface area (Å²) in [6.07, 6.45) is -12.7. The van der Waals surface area contributed by atoms with Crippen molar-refractivity contribution in [2.45, 2.75) is 109 Å². The van der Waals surface area contributed by atoms with Crippen LogP contribution in [-0.2, 0) is 87.4 Å². The molecule has 6 aromatic rings. The van der Waals surface area contributed by atoms with Gasteiger partial charge in [-0.1, -0.05) is 204 Å². The Morgan fingerprint density at radius 1 is 0.605 bits per heavy atom. The van der Waals surface area contributed by atoms with Crippen LogP contribution in [0.4, 0.5) is 4.79 Å². The van der Waals surface area contributed by atoms with E-state index in [2.05, 4.69) is 0 Å². The molecule has 0 aliphatic carbocycles. The number of hydrogen-bond donors (Lipinski definition) is 0. The number of halogens is 3. The number of ether oxygens (including phenoxy) is 11. The van der Waals surface area contributed by atoms with E-state index in [1.165, 1.54) is 12.1 Å². The molecule has 9 rings (SSSR count). The summed E-state index contributed by atoms with van der Waals surface area (Å²) in [5.74, 6) is 0. The topological polar surface area (TPSA) is 153 Å². The maximum atomic E-state index is 14.4. The van der Waals surface area contributed by atoms with Crippen molar-refractivity contribution in [2.75, 3.05) is 19.8 Å². The first-order valence-corrected chi connectivity index (χ1v) is 28.6. The highest BCUT2D eigenvalue weighted by Crippen LogP contribution is 2.44. The van der Waals surface area contributed by atoms with Crippen molar-refractivity contribution in [2.24, 2.45) is 0 Å². The molecule has 76 heavy (non-hydrogen) atoms. The summed E-state index contributed by atoms with van der Waals surface area (Å²) >= 11 is 18.1. The van der Waals surface area contributed by atoms with Gasteiger partial charge in [0.2, 0.25) is 12.7 Å². The Kier molecular flexibility index (Phi) is 19.8. The van der Waals surface area contributed by atoms with Gasteiger partial charge in [-0.3, -0.25) is 0 Å². The Morgan fingerprint density at radius 2 is 1.12 bits per heavy atom. The Hall–Kier alpha value is -4.60. The predicted octanol–water partition coefficient (Wildman–Crippen LogP) is 11.2. The lowest BCUT2D eigenvalue weighted by Gasteiger charge is -2.51. The van der Waals surface area contributed by atoms with E-state index in [-0.39, 0.29) is 44.5 Å². The van der Waals surface area contributed by atoms with Gasteiger partial charge in [-0.15, -0.1) is 0 Å². The van der Waals surface area contributed by atoms with Gasteiger partial charge in [0.05, 0.1) is 44.5 Å². The van der Waals surface area contributed by atoms with E-state index in [1.807, 2.05) is 159 Å². The third-order valence-electron chi connectivity index (χ3n) is 12.6. The molecule has 0 spiro atoms. The monoisotopic (exact) mass is 1130 g/mol. The predicted molar refractivity (Wildman–Crippen MR) is 286 cm³/mol. The Balaban J connectivity index is 1.14. The number of rotatable bonds is 21. The average molecular weight is 1140 g/mol. The van der Waals surface area contributed by atoms with E-state index in [0.717, 1.165) is 27.8 Å². The van der Waals surface area contributed by atoms with Gasteiger partial charge in [0.1, 0.15) is 49.3 Å². The van der Waals surface area contributed by atoms with Crippen LogP contribution in [-0.4, -0.2) is 98.7 Å². The van der Waals surface area contributed by atoms with Crippen molar-refractivity contribution in [1.82, 2.24) is 0 Å². The van der Waals surface area contributed by atoms with Crippen molar-refractivity contribution in [3.63, 3.8) is 0 Å². The molecule has 1 unspecified atom stereocenters. The number of aryl methyl sites for hydroxylation is 1. The summed E-state index contributed by atoms with van der Waals surface area (Å²) in [4.78, 5) is 13.9. The van der Waals surface area contributed by atoms with E-state index < -0.39 is 92.3 Å². The van der Waals surface area contributed by atoms with Crippen LogP contribution in [0, 0.1) is 6.92 Å². The molecule has 0 N–H and O–H groups in total. The smallest absolute Gasteiger partial charge is 0.430 e. The highest BCUT2D eigenvalue weighted by molar-refractivity contribution is 8.72. The number of alkyl halides is 3. The summed E-state index contributed by atoms with van der Waals surface area (Å²) < 4.78 is 99.6. The fourth-order valence-corrected chi connectivity index (χ4v) is 12.2. The normalized spacial score (nSPS) is 25.8. The molecule has 3 aliphatic rings. The van der Waals surface area contributed by atoms with Crippen molar-refractivity contribution in [3.05, 3.63) is 209 Å². The van der Waals surface area contributed by atoms with E-state index in [9.17, 15) is 13.2 Å². The Labute approximate surface area is 461 Å². The second-order valence-electron chi connectivity index (χ2n) is 18.2. The average Bonchev–Trinajstić information content (AvgIpc) is 3.43. The summed E-state index contributed by atoms with van der Waals surface area (Å²) in [5, 5.41) is 0. The molecular formula is C57H57Cl3O14S2. The summed E-state index contributed by atoms with van der Waals surface area (Å²) in [5.41, 5.74) is 3.53. The second-order valence-corrected chi connectivity index (χ2v) is 24.7. The molecule has 6 aromatic carbocycles. The second kappa shape index (κ2) is 26.8. The molecule has 0 amide bonds. The number of carbonyl (C=O) groups excluding carboxylic acids is 1. The molecule has 3 fully saturated rings. The molecule has 0 aromatic heterocycles. The first-order valence-electron chi connectivity index (χ1n) is 24.6. The Bertz CT molecular complexity index is 2820. The zero-order valence-electron chi connectivity index (χ0n) is 41.2. The molecular weight excluding hydrogens is 1080 g/mol. The molecule has 0 bridgehead atoms. The lowest BCUT2D eigenvalue weighted by atomic mass is 9.95. The van der Waals surface area contributed by atoms with Crippen LogP contribution < -0.4 is 0 Å². The van der Waals surface area contributed by atoms with Crippen molar-refractivity contribution in [3.8, 4) is 0 Å². The van der Waals surface area contributed by atoms with Gasteiger partial charge in [0, 0.05) is 16.4 Å². The molecule has 11 atom stereocenters.